The number of carbonyl (C=O) groups excluding carboxylic acids is 2. The average Bonchev–Trinajstić information content (AvgIpc) is 3.29. The van der Waals surface area contributed by atoms with E-state index in [9.17, 15) is 9.59 Å². The Bertz CT molecular complexity index is 962. The molecule has 0 fully saturated rings. The SMILES string of the molecule is NC(=O)c1ccc(NC(=O)c2c(-n3cnnn3)sc3c2CCCC3)cc1. The molecule has 0 spiro atoms. The van der Waals surface area contributed by atoms with Crippen LogP contribution in [0.2, 0.25) is 0 Å². The van der Waals surface area contributed by atoms with Crippen molar-refractivity contribution in [1.82, 2.24) is 20.2 Å². The van der Waals surface area contributed by atoms with Crippen LogP contribution in [0.3, 0.4) is 0 Å². The second kappa shape index (κ2) is 6.68. The molecule has 0 radical (unpaired) electrons. The first-order valence-electron chi connectivity index (χ1n) is 8.22. The number of hydrogen-bond acceptors (Lipinski definition) is 6. The number of thiophene rings is 1. The third kappa shape index (κ3) is 2.97. The number of nitrogens with two attached hydrogens (primary N) is 1. The summed E-state index contributed by atoms with van der Waals surface area (Å²) in [6.45, 7) is 0. The number of rotatable bonds is 4. The van der Waals surface area contributed by atoms with Gasteiger partial charge in [-0.25, -0.2) is 0 Å². The predicted molar refractivity (Wildman–Crippen MR) is 96.6 cm³/mol. The average molecular weight is 368 g/mol. The summed E-state index contributed by atoms with van der Waals surface area (Å²) in [5.41, 5.74) is 7.94. The number of aromatic nitrogens is 4. The predicted octanol–water partition coefficient (Wildman–Crippen LogP) is 1.95. The summed E-state index contributed by atoms with van der Waals surface area (Å²) < 4.78 is 1.54. The fraction of sp³-hybridized carbons (Fsp3) is 0.235. The molecule has 3 aromatic rings. The van der Waals surface area contributed by atoms with Gasteiger partial charge in [0.2, 0.25) is 5.91 Å². The molecule has 0 saturated heterocycles. The first-order valence-corrected chi connectivity index (χ1v) is 9.04. The molecule has 9 heteroatoms. The van der Waals surface area contributed by atoms with Gasteiger partial charge in [0.1, 0.15) is 11.3 Å². The van der Waals surface area contributed by atoms with Crippen molar-refractivity contribution in [2.45, 2.75) is 25.7 Å². The van der Waals surface area contributed by atoms with E-state index in [1.165, 1.54) is 15.9 Å². The first-order chi connectivity index (χ1) is 12.6. The number of anilines is 1. The van der Waals surface area contributed by atoms with Crippen LogP contribution in [0, 0.1) is 0 Å². The molecular weight excluding hydrogens is 352 g/mol. The van der Waals surface area contributed by atoms with Crippen molar-refractivity contribution in [3.63, 3.8) is 0 Å². The molecule has 4 rings (SSSR count). The van der Waals surface area contributed by atoms with Gasteiger partial charge >= 0.3 is 0 Å². The quantitative estimate of drug-likeness (QED) is 0.730. The fourth-order valence-electron chi connectivity index (χ4n) is 3.11. The van der Waals surface area contributed by atoms with E-state index < -0.39 is 5.91 Å². The van der Waals surface area contributed by atoms with E-state index >= 15 is 0 Å². The minimum absolute atomic E-state index is 0.207. The van der Waals surface area contributed by atoms with Gasteiger partial charge in [-0.3, -0.25) is 9.59 Å². The van der Waals surface area contributed by atoms with Crippen molar-refractivity contribution in [2.24, 2.45) is 5.73 Å². The van der Waals surface area contributed by atoms with Gasteiger partial charge < -0.3 is 11.1 Å². The van der Waals surface area contributed by atoms with Crippen LogP contribution < -0.4 is 11.1 Å². The summed E-state index contributed by atoms with van der Waals surface area (Å²) >= 11 is 1.56. The highest BCUT2D eigenvalue weighted by Gasteiger charge is 2.27. The lowest BCUT2D eigenvalue weighted by Crippen LogP contribution is -2.17. The summed E-state index contributed by atoms with van der Waals surface area (Å²) in [6, 6.07) is 6.49. The standard InChI is InChI=1S/C17H16N6O2S/c18-15(24)10-5-7-11(8-6-10)20-16(25)14-12-3-1-2-4-13(12)26-17(14)23-9-19-21-22-23/h5-9H,1-4H2,(H2,18,24)(H,20,25). The van der Waals surface area contributed by atoms with E-state index in [4.69, 9.17) is 5.73 Å². The highest BCUT2D eigenvalue weighted by Crippen LogP contribution is 2.36. The van der Waals surface area contributed by atoms with Crippen LogP contribution in [0.1, 0.15) is 44.0 Å². The Kier molecular flexibility index (Phi) is 4.21. The van der Waals surface area contributed by atoms with Gasteiger partial charge in [-0.1, -0.05) is 0 Å². The highest BCUT2D eigenvalue weighted by molar-refractivity contribution is 7.15. The topological polar surface area (TPSA) is 116 Å². The highest BCUT2D eigenvalue weighted by atomic mass is 32.1. The molecular formula is C17H16N6O2S. The zero-order valence-electron chi connectivity index (χ0n) is 13.8. The first kappa shape index (κ1) is 16.4. The molecule has 0 atom stereocenters. The number of primary amides is 1. The summed E-state index contributed by atoms with van der Waals surface area (Å²) in [6.07, 6.45) is 5.52. The Balaban J connectivity index is 1.68. The fourth-order valence-corrected chi connectivity index (χ4v) is 4.42. The van der Waals surface area contributed by atoms with Gasteiger partial charge in [-0.15, -0.1) is 16.4 Å². The minimum Gasteiger partial charge on any atom is -0.366 e. The lowest BCUT2D eigenvalue weighted by Gasteiger charge is -2.13. The number of nitrogens with one attached hydrogen (secondary N) is 1. The van der Waals surface area contributed by atoms with Gasteiger partial charge in [-0.05, 0) is 65.9 Å². The molecule has 3 N–H and O–H groups in total. The van der Waals surface area contributed by atoms with Crippen molar-refractivity contribution in [1.29, 1.82) is 0 Å². The molecule has 0 unspecified atom stereocenters. The van der Waals surface area contributed by atoms with E-state index in [-0.39, 0.29) is 5.91 Å². The molecule has 2 heterocycles. The third-order valence-electron chi connectivity index (χ3n) is 4.36. The van der Waals surface area contributed by atoms with Crippen LogP contribution in [0.15, 0.2) is 30.6 Å². The van der Waals surface area contributed by atoms with Gasteiger partial charge in [0.15, 0.2) is 0 Å². The van der Waals surface area contributed by atoms with E-state index in [0.29, 0.717) is 16.8 Å². The number of aryl methyl sites for hydroxylation is 1. The van der Waals surface area contributed by atoms with E-state index in [0.717, 1.165) is 36.2 Å². The number of amides is 2. The Morgan fingerprint density at radius 3 is 2.62 bits per heavy atom. The maximum absolute atomic E-state index is 13.0. The second-order valence-corrected chi connectivity index (χ2v) is 7.12. The van der Waals surface area contributed by atoms with E-state index in [1.54, 1.807) is 35.6 Å². The molecule has 1 aliphatic rings. The summed E-state index contributed by atoms with van der Waals surface area (Å²) in [7, 11) is 0. The van der Waals surface area contributed by atoms with Crippen LogP contribution in [0.4, 0.5) is 5.69 Å². The van der Waals surface area contributed by atoms with Crippen LogP contribution in [-0.4, -0.2) is 32.0 Å². The van der Waals surface area contributed by atoms with Crippen molar-refractivity contribution >= 4 is 28.8 Å². The Morgan fingerprint density at radius 2 is 1.92 bits per heavy atom. The molecule has 1 aliphatic carbocycles. The number of carbonyl (C=O) groups is 2. The van der Waals surface area contributed by atoms with Crippen molar-refractivity contribution < 1.29 is 9.59 Å². The number of hydrogen-bond donors (Lipinski definition) is 2. The molecule has 1 aromatic carbocycles. The van der Waals surface area contributed by atoms with Crippen LogP contribution in [0.25, 0.3) is 5.00 Å². The maximum atomic E-state index is 13.0. The molecule has 8 nitrogen and oxygen atoms in total. The van der Waals surface area contributed by atoms with Gasteiger partial charge in [-0.2, -0.15) is 4.68 Å². The third-order valence-corrected chi connectivity index (χ3v) is 5.65. The largest absolute Gasteiger partial charge is 0.366 e. The smallest absolute Gasteiger partial charge is 0.259 e. The lowest BCUT2D eigenvalue weighted by atomic mass is 9.95. The second-order valence-electron chi connectivity index (χ2n) is 6.04. The summed E-state index contributed by atoms with van der Waals surface area (Å²) in [5.74, 6) is -0.711. The molecule has 0 aliphatic heterocycles. The molecule has 132 valence electrons. The number of fused-ring (bicyclic) bond motifs is 1. The maximum Gasteiger partial charge on any atom is 0.259 e. The lowest BCUT2D eigenvalue weighted by molar-refractivity contribution is 0.0998. The monoisotopic (exact) mass is 368 g/mol. The Morgan fingerprint density at radius 1 is 1.15 bits per heavy atom. The van der Waals surface area contributed by atoms with Crippen molar-refractivity contribution in [3.8, 4) is 5.00 Å². The Labute approximate surface area is 153 Å². The zero-order valence-corrected chi connectivity index (χ0v) is 14.6. The molecule has 0 saturated carbocycles. The number of tetrazole rings is 1. The van der Waals surface area contributed by atoms with Crippen LogP contribution in [-0.2, 0) is 12.8 Å². The van der Waals surface area contributed by atoms with Gasteiger partial charge in [0, 0.05) is 16.1 Å². The number of benzene rings is 1. The van der Waals surface area contributed by atoms with Crippen LogP contribution in [0.5, 0.6) is 0 Å². The van der Waals surface area contributed by atoms with Crippen molar-refractivity contribution in [2.75, 3.05) is 5.32 Å². The number of nitrogens with zero attached hydrogens (tertiary/aromatic N) is 4. The Hall–Kier alpha value is -3.07. The molecule has 2 amide bonds. The molecule has 0 bridgehead atoms. The van der Waals surface area contributed by atoms with Gasteiger partial charge in [0.05, 0.1) is 5.56 Å². The van der Waals surface area contributed by atoms with Crippen molar-refractivity contribution in [3.05, 3.63) is 52.2 Å². The minimum atomic E-state index is -0.504. The van der Waals surface area contributed by atoms with Gasteiger partial charge in [0.25, 0.3) is 5.91 Å². The summed E-state index contributed by atoms with van der Waals surface area (Å²) in [4.78, 5) is 25.4. The normalized spacial score (nSPS) is 13.2. The molecule has 2 aromatic heterocycles. The van der Waals surface area contributed by atoms with E-state index in [2.05, 4.69) is 20.8 Å². The molecule has 26 heavy (non-hydrogen) atoms. The summed E-state index contributed by atoms with van der Waals surface area (Å²) in [5, 5.41) is 14.9. The van der Waals surface area contributed by atoms with E-state index in [1.807, 2.05) is 0 Å². The van der Waals surface area contributed by atoms with Crippen LogP contribution >= 0.6 is 11.3 Å². The zero-order chi connectivity index (χ0) is 18.1.